The molecular weight excluding hydrogens is 236 g/mol. The first-order chi connectivity index (χ1) is 9.30. The summed E-state index contributed by atoms with van der Waals surface area (Å²) in [5.41, 5.74) is 1.36. The van der Waals surface area contributed by atoms with Crippen LogP contribution in [0.3, 0.4) is 0 Å². The number of nitrogens with zero attached hydrogens (tertiary/aromatic N) is 1. The topological polar surface area (TPSA) is 45.0 Å². The second-order valence-electron chi connectivity index (χ2n) is 4.62. The quantitative estimate of drug-likeness (QED) is 0.741. The summed E-state index contributed by atoms with van der Waals surface area (Å²) in [5, 5.41) is 12.0. The molecule has 0 bridgehead atoms. The molecule has 1 atom stereocenters. The van der Waals surface area contributed by atoms with Crippen molar-refractivity contribution in [2.24, 2.45) is 0 Å². The van der Waals surface area contributed by atoms with E-state index >= 15 is 0 Å². The predicted molar refractivity (Wildman–Crippen MR) is 78.2 cm³/mol. The fourth-order valence-electron chi connectivity index (χ4n) is 1.89. The van der Waals surface area contributed by atoms with Gasteiger partial charge in [-0.2, -0.15) is 5.26 Å². The Kier molecular flexibility index (Phi) is 7.69. The minimum absolute atomic E-state index is 0.117. The van der Waals surface area contributed by atoms with Gasteiger partial charge in [0.1, 0.15) is 5.75 Å². The minimum atomic E-state index is -0.117. The lowest BCUT2D eigenvalue weighted by molar-refractivity contribution is 0.298. The molecule has 0 aliphatic heterocycles. The molecule has 1 N–H and O–H groups in total. The lowest BCUT2D eigenvalue weighted by Crippen LogP contribution is -2.28. The molecule has 0 saturated heterocycles. The molecule has 0 heterocycles. The molecule has 0 fully saturated rings. The summed E-state index contributed by atoms with van der Waals surface area (Å²) in [6.07, 6.45) is 4.29. The van der Waals surface area contributed by atoms with Gasteiger partial charge < -0.3 is 10.1 Å². The van der Waals surface area contributed by atoms with Crippen LogP contribution in [0.5, 0.6) is 5.75 Å². The summed E-state index contributed by atoms with van der Waals surface area (Å²) >= 11 is 0. The Morgan fingerprint density at radius 1 is 1.26 bits per heavy atom. The summed E-state index contributed by atoms with van der Waals surface area (Å²) in [4.78, 5) is 0. The number of rotatable bonds is 9. The van der Waals surface area contributed by atoms with Gasteiger partial charge in [0.15, 0.2) is 0 Å². The van der Waals surface area contributed by atoms with Gasteiger partial charge in [0.25, 0.3) is 0 Å². The summed E-state index contributed by atoms with van der Waals surface area (Å²) in [6, 6.07) is 10.4. The van der Waals surface area contributed by atoms with Crippen LogP contribution in [0.25, 0.3) is 0 Å². The Balaban J connectivity index is 2.31. The zero-order chi connectivity index (χ0) is 13.9. The highest BCUT2D eigenvalue weighted by atomic mass is 16.5. The van der Waals surface area contributed by atoms with Crippen molar-refractivity contribution in [1.29, 1.82) is 5.26 Å². The Hall–Kier alpha value is -1.53. The zero-order valence-electron chi connectivity index (χ0n) is 12.0. The Bertz CT molecular complexity index is 381. The lowest BCUT2D eigenvalue weighted by atomic mass is 10.1. The van der Waals surface area contributed by atoms with Crippen LogP contribution >= 0.6 is 0 Å². The Morgan fingerprint density at radius 3 is 2.58 bits per heavy atom. The van der Waals surface area contributed by atoms with Gasteiger partial charge in [-0.25, -0.2) is 0 Å². The fraction of sp³-hybridized carbons (Fsp3) is 0.562. The molecule has 0 amide bonds. The van der Waals surface area contributed by atoms with Crippen LogP contribution in [-0.4, -0.2) is 19.2 Å². The monoisotopic (exact) mass is 260 g/mol. The molecule has 0 aliphatic carbocycles. The normalized spacial score (nSPS) is 11.8. The van der Waals surface area contributed by atoms with E-state index in [0.717, 1.165) is 18.7 Å². The third-order valence-corrected chi connectivity index (χ3v) is 3.02. The molecule has 1 unspecified atom stereocenters. The van der Waals surface area contributed by atoms with Gasteiger partial charge in [-0.15, -0.1) is 0 Å². The van der Waals surface area contributed by atoms with Crippen LogP contribution in [0.15, 0.2) is 24.3 Å². The van der Waals surface area contributed by atoms with Crippen LogP contribution in [0, 0.1) is 11.3 Å². The van der Waals surface area contributed by atoms with E-state index in [9.17, 15) is 0 Å². The maximum Gasteiger partial charge on any atom is 0.119 e. The number of ether oxygens (including phenoxy) is 1. The molecule has 0 saturated carbocycles. The van der Waals surface area contributed by atoms with Crippen molar-refractivity contribution in [3.63, 3.8) is 0 Å². The van der Waals surface area contributed by atoms with Crippen LogP contribution < -0.4 is 10.1 Å². The third kappa shape index (κ3) is 6.26. The minimum Gasteiger partial charge on any atom is -0.493 e. The molecule has 0 spiro atoms. The fourth-order valence-corrected chi connectivity index (χ4v) is 1.89. The second kappa shape index (κ2) is 9.41. The van der Waals surface area contributed by atoms with E-state index in [1.165, 1.54) is 18.4 Å². The summed E-state index contributed by atoms with van der Waals surface area (Å²) in [5.74, 6) is 0.883. The van der Waals surface area contributed by atoms with Gasteiger partial charge >= 0.3 is 0 Å². The molecule has 1 rings (SSSR count). The van der Waals surface area contributed by atoms with E-state index in [-0.39, 0.29) is 6.04 Å². The predicted octanol–water partition coefficient (Wildman–Crippen LogP) is 3.30. The molecule has 3 heteroatoms. The van der Waals surface area contributed by atoms with E-state index in [0.29, 0.717) is 13.0 Å². The van der Waals surface area contributed by atoms with Crippen molar-refractivity contribution in [1.82, 2.24) is 5.32 Å². The van der Waals surface area contributed by atoms with E-state index in [1.54, 1.807) is 0 Å². The molecule has 104 valence electrons. The van der Waals surface area contributed by atoms with E-state index in [4.69, 9.17) is 10.00 Å². The van der Waals surface area contributed by atoms with Crippen LogP contribution in [-0.2, 0) is 6.42 Å². The molecule has 3 nitrogen and oxygen atoms in total. The van der Waals surface area contributed by atoms with Gasteiger partial charge in [-0.1, -0.05) is 32.4 Å². The molecule has 1 aromatic rings. The van der Waals surface area contributed by atoms with Crippen LogP contribution in [0.2, 0.25) is 0 Å². The van der Waals surface area contributed by atoms with Crippen LogP contribution in [0.1, 0.15) is 38.7 Å². The highest BCUT2D eigenvalue weighted by Crippen LogP contribution is 2.14. The van der Waals surface area contributed by atoms with E-state index < -0.39 is 0 Å². The maximum absolute atomic E-state index is 8.91. The number of nitrogens with one attached hydrogen (secondary N) is 1. The van der Waals surface area contributed by atoms with Gasteiger partial charge in [0, 0.05) is 6.42 Å². The average molecular weight is 260 g/mol. The first-order valence-electron chi connectivity index (χ1n) is 7.14. The summed E-state index contributed by atoms with van der Waals surface area (Å²) in [7, 11) is 0. The zero-order valence-corrected chi connectivity index (χ0v) is 12.0. The maximum atomic E-state index is 8.91. The number of unbranched alkanes of at least 4 members (excludes halogenated alkanes) is 1. The summed E-state index contributed by atoms with van der Waals surface area (Å²) in [6.45, 7) is 5.58. The number of benzene rings is 1. The van der Waals surface area contributed by atoms with Crippen molar-refractivity contribution in [2.45, 2.75) is 45.6 Å². The van der Waals surface area contributed by atoms with Gasteiger partial charge in [0.05, 0.1) is 18.7 Å². The van der Waals surface area contributed by atoms with Crippen molar-refractivity contribution < 1.29 is 4.74 Å². The van der Waals surface area contributed by atoms with Gasteiger partial charge in [-0.05, 0) is 37.1 Å². The first-order valence-corrected chi connectivity index (χ1v) is 7.14. The van der Waals surface area contributed by atoms with Gasteiger partial charge in [-0.3, -0.25) is 0 Å². The number of hydrogen-bond acceptors (Lipinski definition) is 3. The lowest BCUT2D eigenvalue weighted by Gasteiger charge is -2.11. The SMILES string of the molecule is CCCCc1ccc(OCCC(C#N)NCC)cc1. The smallest absolute Gasteiger partial charge is 0.119 e. The summed E-state index contributed by atoms with van der Waals surface area (Å²) < 4.78 is 5.65. The molecule has 0 aromatic heterocycles. The highest BCUT2D eigenvalue weighted by molar-refractivity contribution is 5.27. The van der Waals surface area contributed by atoms with Crippen molar-refractivity contribution >= 4 is 0 Å². The van der Waals surface area contributed by atoms with Crippen LogP contribution in [0.4, 0.5) is 0 Å². The second-order valence-corrected chi connectivity index (χ2v) is 4.62. The molecule has 19 heavy (non-hydrogen) atoms. The Morgan fingerprint density at radius 2 is 2.00 bits per heavy atom. The van der Waals surface area contributed by atoms with Crippen molar-refractivity contribution in [3.05, 3.63) is 29.8 Å². The molecular formula is C16H24N2O. The van der Waals surface area contributed by atoms with E-state index in [1.807, 2.05) is 19.1 Å². The molecule has 0 aliphatic rings. The molecule has 0 radical (unpaired) electrons. The highest BCUT2D eigenvalue weighted by Gasteiger charge is 2.05. The standard InChI is InChI=1S/C16H24N2O/c1-3-5-6-14-7-9-16(10-8-14)19-12-11-15(13-17)18-4-2/h7-10,15,18H,3-6,11-12H2,1-2H3. The first kappa shape index (κ1) is 15.5. The number of aryl methyl sites for hydroxylation is 1. The van der Waals surface area contributed by atoms with Gasteiger partial charge in [0.2, 0.25) is 0 Å². The van der Waals surface area contributed by atoms with Crippen molar-refractivity contribution in [3.8, 4) is 11.8 Å². The largest absolute Gasteiger partial charge is 0.493 e. The van der Waals surface area contributed by atoms with Crippen molar-refractivity contribution in [2.75, 3.05) is 13.2 Å². The average Bonchev–Trinajstić information content (AvgIpc) is 2.45. The number of nitriles is 1. The molecule has 1 aromatic carbocycles. The number of hydrogen-bond donors (Lipinski definition) is 1. The van der Waals surface area contributed by atoms with E-state index in [2.05, 4.69) is 30.4 Å². The third-order valence-electron chi connectivity index (χ3n) is 3.02. The Labute approximate surface area is 116 Å².